The van der Waals surface area contributed by atoms with Gasteiger partial charge in [-0.25, -0.2) is 0 Å². The van der Waals surface area contributed by atoms with Gasteiger partial charge in [0.15, 0.2) is 0 Å². The number of allylic oxidation sites excluding steroid dienone is 4. The molecule has 0 fully saturated rings. The molecule has 112 valence electrons. The second kappa shape index (κ2) is 18.2. The molecule has 0 spiro atoms. The standard InChI is InChI=1S/C18H33I/c1-2-3-4-5-6-7-8-9-10-11-12-13-14-15-16-17-18-19/h13-16H,2-12,17-18H2,1H3. The van der Waals surface area contributed by atoms with E-state index in [0.717, 1.165) is 0 Å². The molecule has 0 aromatic rings. The third-order valence-corrected chi connectivity index (χ3v) is 4.01. The van der Waals surface area contributed by atoms with Crippen LogP contribution in [-0.4, -0.2) is 4.43 Å². The zero-order valence-electron chi connectivity index (χ0n) is 12.9. The molecule has 0 saturated heterocycles. The summed E-state index contributed by atoms with van der Waals surface area (Å²) in [6.07, 6.45) is 25.7. The zero-order chi connectivity index (χ0) is 14.0. The van der Waals surface area contributed by atoms with Crippen LogP contribution in [-0.2, 0) is 0 Å². The van der Waals surface area contributed by atoms with Gasteiger partial charge in [-0.3, -0.25) is 0 Å². The normalized spacial score (nSPS) is 11.9. The van der Waals surface area contributed by atoms with Crippen LogP contribution in [0.2, 0.25) is 0 Å². The van der Waals surface area contributed by atoms with E-state index in [1.807, 2.05) is 0 Å². The van der Waals surface area contributed by atoms with Gasteiger partial charge < -0.3 is 0 Å². The van der Waals surface area contributed by atoms with Crippen LogP contribution in [0.25, 0.3) is 0 Å². The summed E-state index contributed by atoms with van der Waals surface area (Å²) in [7, 11) is 0. The van der Waals surface area contributed by atoms with Crippen LogP contribution in [0.3, 0.4) is 0 Å². The molecule has 0 rings (SSSR count). The first kappa shape index (κ1) is 19.2. The Hall–Kier alpha value is 0.210. The minimum Gasteiger partial charge on any atom is -0.0860 e. The summed E-state index contributed by atoms with van der Waals surface area (Å²) < 4.78 is 1.22. The lowest BCUT2D eigenvalue weighted by atomic mass is 10.1. The molecule has 0 radical (unpaired) electrons. The highest BCUT2D eigenvalue weighted by molar-refractivity contribution is 14.1. The van der Waals surface area contributed by atoms with E-state index in [4.69, 9.17) is 0 Å². The monoisotopic (exact) mass is 376 g/mol. The number of halogens is 1. The Morgan fingerprint density at radius 2 is 1.11 bits per heavy atom. The van der Waals surface area contributed by atoms with Gasteiger partial charge in [0.25, 0.3) is 0 Å². The van der Waals surface area contributed by atoms with Gasteiger partial charge in [-0.05, 0) is 19.3 Å². The Balaban J connectivity index is 3.06. The second-order valence-corrected chi connectivity index (χ2v) is 6.38. The number of rotatable bonds is 14. The molecular formula is C18H33I. The maximum absolute atomic E-state index is 2.41. The predicted molar refractivity (Wildman–Crippen MR) is 98.2 cm³/mol. The summed E-state index contributed by atoms with van der Waals surface area (Å²) in [5.41, 5.74) is 0. The third kappa shape index (κ3) is 18.2. The number of unbranched alkanes of at least 4 members (excludes halogenated alkanes) is 10. The first-order valence-electron chi connectivity index (χ1n) is 8.29. The Labute approximate surface area is 135 Å². The molecule has 1 heteroatoms. The molecule has 0 amide bonds. The maximum Gasteiger partial charge on any atom is 0.00300 e. The molecule has 0 aliphatic carbocycles. The van der Waals surface area contributed by atoms with E-state index < -0.39 is 0 Å². The fourth-order valence-electron chi connectivity index (χ4n) is 2.16. The molecule has 0 aliphatic heterocycles. The van der Waals surface area contributed by atoms with E-state index in [9.17, 15) is 0 Å². The highest BCUT2D eigenvalue weighted by atomic mass is 127. The fourth-order valence-corrected chi connectivity index (χ4v) is 2.52. The minimum atomic E-state index is 1.20. The SMILES string of the molecule is CCCCCCCCCCCCC=CC=CCCI. The lowest BCUT2D eigenvalue weighted by molar-refractivity contribution is 0.557. The molecule has 0 aromatic heterocycles. The second-order valence-electron chi connectivity index (χ2n) is 5.30. The van der Waals surface area contributed by atoms with E-state index in [1.54, 1.807) is 0 Å². The summed E-state index contributed by atoms with van der Waals surface area (Å²) in [4.78, 5) is 0. The van der Waals surface area contributed by atoms with Crippen molar-refractivity contribution in [2.75, 3.05) is 4.43 Å². The molecule has 0 atom stereocenters. The van der Waals surface area contributed by atoms with E-state index >= 15 is 0 Å². The van der Waals surface area contributed by atoms with Crippen molar-refractivity contribution >= 4 is 22.6 Å². The first-order chi connectivity index (χ1) is 9.41. The van der Waals surface area contributed by atoms with Crippen molar-refractivity contribution in [2.24, 2.45) is 0 Å². The molecule has 0 heterocycles. The van der Waals surface area contributed by atoms with E-state index in [2.05, 4.69) is 53.8 Å². The Morgan fingerprint density at radius 1 is 0.632 bits per heavy atom. The van der Waals surface area contributed by atoms with E-state index in [0.29, 0.717) is 0 Å². The molecule has 0 bridgehead atoms. The quantitative estimate of drug-likeness (QED) is 0.130. The fraction of sp³-hybridized carbons (Fsp3) is 0.778. The van der Waals surface area contributed by atoms with Crippen molar-refractivity contribution in [3.8, 4) is 0 Å². The Morgan fingerprint density at radius 3 is 1.63 bits per heavy atom. The summed E-state index contributed by atoms with van der Waals surface area (Å²) >= 11 is 2.41. The average molecular weight is 376 g/mol. The van der Waals surface area contributed by atoms with Crippen LogP contribution in [0.5, 0.6) is 0 Å². The number of alkyl halides is 1. The first-order valence-corrected chi connectivity index (χ1v) is 9.82. The lowest BCUT2D eigenvalue weighted by Gasteiger charge is -2.01. The molecule has 0 nitrogen and oxygen atoms in total. The van der Waals surface area contributed by atoms with Crippen LogP contribution in [0, 0.1) is 0 Å². The number of hydrogen-bond acceptors (Lipinski definition) is 0. The summed E-state index contributed by atoms with van der Waals surface area (Å²) in [5.74, 6) is 0. The minimum absolute atomic E-state index is 1.20. The van der Waals surface area contributed by atoms with Crippen molar-refractivity contribution in [3.05, 3.63) is 24.3 Å². The van der Waals surface area contributed by atoms with Gasteiger partial charge in [0, 0.05) is 4.43 Å². The Kier molecular flexibility index (Phi) is 18.4. The lowest BCUT2D eigenvalue weighted by Crippen LogP contribution is -1.81. The summed E-state index contributed by atoms with van der Waals surface area (Å²) in [6, 6.07) is 0. The van der Waals surface area contributed by atoms with Crippen molar-refractivity contribution in [1.82, 2.24) is 0 Å². The largest absolute Gasteiger partial charge is 0.0860 e. The van der Waals surface area contributed by atoms with Crippen LogP contribution < -0.4 is 0 Å². The van der Waals surface area contributed by atoms with Crippen LogP contribution in [0.15, 0.2) is 24.3 Å². The van der Waals surface area contributed by atoms with E-state index in [-0.39, 0.29) is 0 Å². The third-order valence-electron chi connectivity index (χ3n) is 3.38. The molecule has 19 heavy (non-hydrogen) atoms. The van der Waals surface area contributed by atoms with Crippen LogP contribution in [0.1, 0.15) is 84.0 Å². The molecule has 0 N–H and O–H groups in total. The molecule has 0 saturated carbocycles. The van der Waals surface area contributed by atoms with Gasteiger partial charge in [0.1, 0.15) is 0 Å². The molecule has 0 aliphatic rings. The zero-order valence-corrected chi connectivity index (χ0v) is 15.0. The number of hydrogen-bond donors (Lipinski definition) is 0. The maximum atomic E-state index is 2.41. The molecule has 0 aromatic carbocycles. The summed E-state index contributed by atoms with van der Waals surface area (Å²) in [6.45, 7) is 2.29. The van der Waals surface area contributed by atoms with Gasteiger partial charge >= 0.3 is 0 Å². The van der Waals surface area contributed by atoms with Crippen molar-refractivity contribution < 1.29 is 0 Å². The average Bonchev–Trinajstić information content (AvgIpc) is 2.43. The summed E-state index contributed by atoms with van der Waals surface area (Å²) in [5, 5.41) is 0. The van der Waals surface area contributed by atoms with Crippen LogP contribution >= 0.6 is 22.6 Å². The van der Waals surface area contributed by atoms with Gasteiger partial charge in [0.05, 0.1) is 0 Å². The van der Waals surface area contributed by atoms with Gasteiger partial charge in [-0.15, -0.1) is 0 Å². The van der Waals surface area contributed by atoms with Gasteiger partial charge in [-0.1, -0.05) is 112 Å². The smallest absolute Gasteiger partial charge is 0.00300 e. The van der Waals surface area contributed by atoms with Gasteiger partial charge in [0.2, 0.25) is 0 Å². The Bertz CT molecular complexity index is 206. The molecule has 0 unspecified atom stereocenters. The topological polar surface area (TPSA) is 0 Å². The molecular weight excluding hydrogens is 343 g/mol. The van der Waals surface area contributed by atoms with Crippen LogP contribution in [0.4, 0.5) is 0 Å². The highest BCUT2D eigenvalue weighted by Crippen LogP contribution is 2.11. The van der Waals surface area contributed by atoms with Gasteiger partial charge in [-0.2, -0.15) is 0 Å². The van der Waals surface area contributed by atoms with Crippen molar-refractivity contribution in [1.29, 1.82) is 0 Å². The van der Waals surface area contributed by atoms with Crippen molar-refractivity contribution in [2.45, 2.75) is 84.0 Å². The van der Waals surface area contributed by atoms with Crippen molar-refractivity contribution in [3.63, 3.8) is 0 Å². The van der Waals surface area contributed by atoms with E-state index in [1.165, 1.54) is 81.5 Å². The predicted octanol–water partition coefficient (Wildman–Crippen LogP) is 7.23. The highest BCUT2D eigenvalue weighted by Gasteiger charge is 1.91.